The van der Waals surface area contributed by atoms with Gasteiger partial charge in [0.25, 0.3) is 0 Å². The first kappa shape index (κ1) is 15.9. The van der Waals surface area contributed by atoms with Crippen molar-refractivity contribution in [2.45, 2.75) is 12.3 Å². The number of carbonyl (C=O) groups excluding carboxylic acids is 2. The van der Waals surface area contributed by atoms with Gasteiger partial charge in [-0.25, -0.2) is 0 Å². The van der Waals surface area contributed by atoms with Gasteiger partial charge in [0.15, 0.2) is 5.78 Å². The summed E-state index contributed by atoms with van der Waals surface area (Å²) >= 11 is 0. The molecule has 0 aliphatic rings. The lowest BCUT2D eigenvalue weighted by atomic mass is 9.88. The molecule has 120 valence electrons. The van der Waals surface area contributed by atoms with Crippen LogP contribution >= 0.6 is 0 Å². The molecule has 0 amide bonds. The standard InChI is InChI=1S/C21H18O3/c1-24-21(23)19(14-20(22)16-9-3-2-4-10-16)18-13-7-11-15-8-5-6-12-17(15)18/h2-13,19H,14H2,1H3. The number of carbonyl (C=O) groups is 2. The van der Waals surface area contributed by atoms with E-state index in [9.17, 15) is 9.59 Å². The molecule has 3 heteroatoms. The molecule has 0 aromatic heterocycles. The second-order valence-electron chi connectivity index (χ2n) is 5.64. The van der Waals surface area contributed by atoms with Crippen LogP contribution < -0.4 is 0 Å². The van der Waals surface area contributed by atoms with Crippen LogP contribution in [0.5, 0.6) is 0 Å². The number of benzene rings is 3. The van der Waals surface area contributed by atoms with E-state index in [1.54, 1.807) is 12.1 Å². The number of esters is 1. The molecule has 3 aromatic carbocycles. The quantitative estimate of drug-likeness (QED) is 0.518. The van der Waals surface area contributed by atoms with Gasteiger partial charge in [-0.15, -0.1) is 0 Å². The predicted octanol–water partition coefficient (Wildman–Crippen LogP) is 4.37. The van der Waals surface area contributed by atoms with Crippen molar-refractivity contribution in [3.63, 3.8) is 0 Å². The van der Waals surface area contributed by atoms with Gasteiger partial charge in [0.05, 0.1) is 13.0 Å². The van der Waals surface area contributed by atoms with E-state index in [1.807, 2.05) is 60.7 Å². The van der Waals surface area contributed by atoms with Gasteiger partial charge in [-0.05, 0) is 16.3 Å². The van der Waals surface area contributed by atoms with Crippen LogP contribution in [0.15, 0.2) is 72.8 Å². The summed E-state index contributed by atoms with van der Waals surface area (Å²) in [7, 11) is 1.35. The van der Waals surface area contributed by atoms with Gasteiger partial charge in [0, 0.05) is 12.0 Å². The zero-order valence-electron chi connectivity index (χ0n) is 13.4. The minimum atomic E-state index is -0.617. The molecule has 1 unspecified atom stereocenters. The van der Waals surface area contributed by atoms with Crippen LogP contribution in [0, 0.1) is 0 Å². The summed E-state index contributed by atoms with van der Waals surface area (Å²) in [5, 5.41) is 2.01. The molecule has 0 N–H and O–H groups in total. The third-order valence-corrected chi connectivity index (χ3v) is 4.17. The minimum absolute atomic E-state index is 0.0704. The highest BCUT2D eigenvalue weighted by Crippen LogP contribution is 2.30. The van der Waals surface area contributed by atoms with E-state index < -0.39 is 11.9 Å². The van der Waals surface area contributed by atoms with Crippen molar-refractivity contribution in [1.82, 2.24) is 0 Å². The van der Waals surface area contributed by atoms with E-state index >= 15 is 0 Å². The summed E-state index contributed by atoms with van der Waals surface area (Å²) in [6.07, 6.45) is 0.0880. The third kappa shape index (κ3) is 3.20. The average molecular weight is 318 g/mol. The highest BCUT2D eigenvalue weighted by atomic mass is 16.5. The van der Waals surface area contributed by atoms with Gasteiger partial charge >= 0.3 is 5.97 Å². The van der Waals surface area contributed by atoms with Crippen LogP contribution in [0.25, 0.3) is 10.8 Å². The van der Waals surface area contributed by atoms with Crippen LogP contribution in [0.3, 0.4) is 0 Å². The molecule has 0 heterocycles. The number of hydrogen-bond donors (Lipinski definition) is 0. The van der Waals surface area contributed by atoms with Crippen LogP contribution in [0.2, 0.25) is 0 Å². The first-order valence-corrected chi connectivity index (χ1v) is 7.84. The lowest BCUT2D eigenvalue weighted by Gasteiger charge is -2.16. The smallest absolute Gasteiger partial charge is 0.313 e. The summed E-state index contributed by atoms with van der Waals surface area (Å²) < 4.78 is 4.96. The number of fused-ring (bicyclic) bond motifs is 1. The van der Waals surface area contributed by atoms with E-state index in [-0.39, 0.29) is 12.2 Å². The van der Waals surface area contributed by atoms with E-state index in [0.29, 0.717) is 5.56 Å². The monoisotopic (exact) mass is 318 g/mol. The SMILES string of the molecule is COC(=O)C(CC(=O)c1ccccc1)c1cccc2ccccc12. The second kappa shape index (κ2) is 7.09. The molecular formula is C21H18O3. The van der Waals surface area contributed by atoms with Crippen molar-refractivity contribution in [3.05, 3.63) is 83.9 Å². The summed E-state index contributed by atoms with van der Waals surface area (Å²) in [6, 6.07) is 22.7. The second-order valence-corrected chi connectivity index (χ2v) is 5.64. The van der Waals surface area contributed by atoms with E-state index in [0.717, 1.165) is 16.3 Å². The van der Waals surface area contributed by atoms with Crippen LogP contribution in [0.1, 0.15) is 28.3 Å². The van der Waals surface area contributed by atoms with Crippen molar-refractivity contribution in [2.75, 3.05) is 7.11 Å². The Kier molecular flexibility index (Phi) is 4.71. The molecule has 3 nitrogen and oxygen atoms in total. The Morgan fingerprint density at radius 2 is 1.54 bits per heavy atom. The van der Waals surface area contributed by atoms with Crippen molar-refractivity contribution in [3.8, 4) is 0 Å². The number of rotatable bonds is 5. The van der Waals surface area contributed by atoms with Gasteiger partial charge in [-0.2, -0.15) is 0 Å². The Morgan fingerprint density at radius 1 is 0.875 bits per heavy atom. The first-order valence-electron chi connectivity index (χ1n) is 7.84. The fourth-order valence-corrected chi connectivity index (χ4v) is 2.94. The maximum Gasteiger partial charge on any atom is 0.313 e. The number of Topliss-reactive ketones (excluding diaryl/α,β-unsaturated/α-hetero) is 1. The molecule has 0 saturated carbocycles. The molecule has 0 fully saturated rings. The normalized spacial score (nSPS) is 11.9. The Morgan fingerprint density at radius 3 is 2.29 bits per heavy atom. The van der Waals surface area contributed by atoms with Crippen molar-refractivity contribution in [2.24, 2.45) is 0 Å². The minimum Gasteiger partial charge on any atom is -0.469 e. The summed E-state index contributed by atoms with van der Waals surface area (Å²) in [5.41, 5.74) is 1.43. The highest BCUT2D eigenvalue weighted by molar-refractivity contribution is 6.00. The Bertz CT molecular complexity index is 863. The summed E-state index contributed by atoms with van der Waals surface area (Å²) in [6.45, 7) is 0. The highest BCUT2D eigenvalue weighted by Gasteiger charge is 2.26. The molecule has 0 bridgehead atoms. The van der Waals surface area contributed by atoms with E-state index in [2.05, 4.69) is 0 Å². The molecule has 24 heavy (non-hydrogen) atoms. The zero-order chi connectivity index (χ0) is 16.9. The predicted molar refractivity (Wildman–Crippen MR) is 94.1 cm³/mol. The van der Waals surface area contributed by atoms with Crippen molar-refractivity contribution in [1.29, 1.82) is 0 Å². The average Bonchev–Trinajstić information content (AvgIpc) is 2.65. The molecule has 0 aliphatic carbocycles. The van der Waals surface area contributed by atoms with Crippen molar-refractivity contribution < 1.29 is 14.3 Å². The number of hydrogen-bond acceptors (Lipinski definition) is 3. The third-order valence-electron chi connectivity index (χ3n) is 4.17. The molecule has 0 aliphatic heterocycles. The number of ether oxygens (including phenoxy) is 1. The maximum absolute atomic E-state index is 12.6. The molecule has 3 rings (SSSR count). The molecule has 0 saturated heterocycles. The lowest BCUT2D eigenvalue weighted by Crippen LogP contribution is -2.18. The number of methoxy groups -OCH3 is 1. The van der Waals surface area contributed by atoms with Crippen molar-refractivity contribution >= 4 is 22.5 Å². The number of ketones is 1. The van der Waals surface area contributed by atoms with E-state index in [4.69, 9.17) is 4.74 Å². The Hall–Kier alpha value is -2.94. The topological polar surface area (TPSA) is 43.4 Å². The molecule has 3 aromatic rings. The first-order chi connectivity index (χ1) is 11.7. The molecular weight excluding hydrogens is 300 g/mol. The summed E-state index contributed by atoms with van der Waals surface area (Å²) in [5.74, 6) is -1.08. The molecule has 0 radical (unpaired) electrons. The van der Waals surface area contributed by atoms with Gasteiger partial charge in [0.2, 0.25) is 0 Å². The maximum atomic E-state index is 12.6. The Labute approximate surface area is 140 Å². The fourth-order valence-electron chi connectivity index (χ4n) is 2.94. The summed E-state index contributed by atoms with van der Waals surface area (Å²) in [4.78, 5) is 24.9. The van der Waals surface area contributed by atoms with Crippen LogP contribution in [0.4, 0.5) is 0 Å². The lowest BCUT2D eigenvalue weighted by molar-refractivity contribution is -0.142. The zero-order valence-corrected chi connectivity index (χ0v) is 13.4. The van der Waals surface area contributed by atoms with Gasteiger partial charge in [-0.1, -0.05) is 72.8 Å². The Balaban J connectivity index is 2.00. The van der Waals surface area contributed by atoms with Gasteiger partial charge in [-0.3, -0.25) is 9.59 Å². The van der Waals surface area contributed by atoms with E-state index in [1.165, 1.54) is 7.11 Å². The van der Waals surface area contributed by atoms with Crippen LogP contribution in [-0.4, -0.2) is 18.9 Å². The molecule has 0 spiro atoms. The van der Waals surface area contributed by atoms with Crippen LogP contribution in [-0.2, 0) is 9.53 Å². The van der Waals surface area contributed by atoms with Gasteiger partial charge < -0.3 is 4.74 Å². The van der Waals surface area contributed by atoms with Gasteiger partial charge in [0.1, 0.15) is 0 Å². The largest absolute Gasteiger partial charge is 0.469 e. The molecule has 1 atom stereocenters. The fraction of sp³-hybridized carbons (Fsp3) is 0.143.